The van der Waals surface area contributed by atoms with E-state index in [2.05, 4.69) is 0 Å². The molecule has 0 spiro atoms. The van der Waals surface area contributed by atoms with Gasteiger partial charge in [-0.1, -0.05) is 0 Å². The maximum atomic E-state index is 12.3. The van der Waals surface area contributed by atoms with Gasteiger partial charge in [-0.05, 0) is 32.0 Å². The third-order valence-electron chi connectivity index (χ3n) is 2.55. The minimum atomic E-state index is -3.89. The largest absolute Gasteiger partial charge is 0.478 e. The molecule has 7 nitrogen and oxygen atoms in total. The number of hydrogen-bond acceptors (Lipinski definition) is 5. The molecule has 4 N–H and O–H groups in total. The van der Waals surface area contributed by atoms with Crippen molar-refractivity contribution in [3.63, 3.8) is 0 Å². The summed E-state index contributed by atoms with van der Waals surface area (Å²) in [5, 5.41) is 18.5. The number of nitrogen functional groups attached to an aromatic ring is 1. The van der Waals surface area contributed by atoms with Crippen molar-refractivity contribution in [2.24, 2.45) is 0 Å². The predicted molar refractivity (Wildman–Crippen MR) is 73.9 cm³/mol. The van der Waals surface area contributed by atoms with E-state index >= 15 is 0 Å². The lowest BCUT2D eigenvalue weighted by atomic mass is 10.1. The lowest BCUT2D eigenvalue weighted by Crippen LogP contribution is -2.39. The van der Waals surface area contributed by atoms with E-state index in [9.17, 15) is 18.3 Å². The predicted octanol–water partition coefficient (Wildman–Crippen LogP) is 0.358. The molecule has 0 atom stereocenters. The molecular weight excluding hydrogens is 284 g/mol. The summed E-state index contributed by atoms with van der Waals surface area (Å²) in [6.07, 6.45) is 0. The van der Waals surface area contributed by atoms with E-state index in [1.165, 1.54) is 27.0 Å². The quantitative estimate of drug-likeness (QED) is 0.675. The van der Waals surface area contributed by atoms with Crippen LogP contribution in [0.5, 0.6) is 0 Å². The molecule has 1 rings (SSSR count). The molecule has 0 aromatic heterocycles. The molecule has 112 valence electrons. The van der Waals surface area contributed by atoms with Gasteiger partial charge in [-0.15, -0.1) is 0 Å². The van der Waals surface area contributed by atoms with Crippen LogP contribution in [0.1, 0.15) is 24.2 Å². The van der Waals surface area contributed by atoms with Crippen molar-refractivity contribution in [3.8, 4) is 0 Å². The molecule has 0 radical (unpaired) electrons. The summed E-state index contributed by atoms with van der Waals surface area (Å²) in [5.74, 6) is -1.19. The molecule has 0 saturated heterocycles. The molecule has 0 aliphatic carbocycles. The smallest absolute Gasteiger partial charge is 0.335 e. The number of benzene rings is 1. The van der Waals surface area contributed by atoms with Crippen LogP contribution in [0.4, 0.5) is 5.69 Å². The molecule has 1 aromatic rings. The van der Waals surface area contributed by atoms with Gasteiger partial charge >= 0.3 is 5.97 Å². The van der Waals surface area contributed by atoms with Gasteiger partial charge in [0.15, 0.2) is 0 Å². The number of anilines is 1. The van der Waals surface area contributed by atoms with Gasteiger partial charge < -0.3 is 15.9 Å². The molecular formula is C12H18N2O5S. The Kier molecular flexibility index (Phi) is 4.42. The van der Waals surface area contributed by atoms with E-state index in [0.29, 0.717) is 0 Å². The van der Waals surface area contributed by atoms with Crippen LogP contribution in [-0.2, 0) is 10.0 Å². The lowest BCUT2D eigenvalue weighted by Gasteiger charge is -2.25. The summed E-state index contributed by atoms with van der Waals surface area (Å²) in [5.41, 5.74) is 4.18. The third-order valence-corrected chi connectivity index (χ3v) is 4.43. The Hall–Kier alpha value is -1.64. The summed E-state index contributed by atoms with van der Waals surface area (Å²) < 4.78 is 25.6. The van der Waals surface area contributed by atoms with Crippen LogP contribution in [0, 0.1) is 0 Å². The maximum Gasteiger partial charge on any atom is 0.335 e. The highest BCUT2D eigenvalue weighted by Crippen LogP contribution is 2.24. The second kappa shape index (κ2) is 5.39. The highest BCUT2D eigenvalue weighted by atomic mass is 32.2. The second-order valence-electron chi connectivity index (χ2n) is 5.13. The number of aliphatic hydroxyl groups is 1. The van der Waals surface area contributed by atoms with Crippen LogP contribution < -0.4 is 5.73 Å². The van der Waals surface area contributed by atoms with Gasteiger partial charge in [0.2, 0.25) is 10.0 Å². The van der Waals surface area contributed by atoms with Gasteiger partial charge in [0.05, 0.1) is 16.9 Å². The van der Waals surface area contributed by atoms with E-state index in [1.807, 2.05) is 0 Å². The molecule has 0 aliphatic rings. The van der Waals surface area contributed by atoms with Crippen LogP contribution >= 0.6 is 0 Å². The Bertz CT molecular complexity index is 619. The van der Waals surface area contributed by atoms with Crippen molar-refractivity contribution >= 4 is 21.7 Å². The zero-order valence-electron chi connectivity index (χ0n) is 11.5. The molecule has 0 fully saturated rings. The monoisotopic (exact) mass is 302 g/mol. The van der Waals surface area contributed by atoms with Crippen molar-refractivity contribution in [1.29, 1.82) is 0 Å². The number of carboxylic acid groups (broad SMARTS) is 1. The van der Waals surface area contributed by atoms with Gasteiger partial charge in [-0.3, -0.25) is 0 Å². The molecule has 0 unspecified atom stereocenters. The van der Waals surface area contributed by atoms with Crippen molar-refractivity contribution < 1.29 is 23.4 Å². The van der Waals surface area contributed by atoms with Gasteiger partial charge in [-0.25, -0.2) is 13.2 Å². The number of hydrogen-bond donors (Lipinski definition) is 3. The molecule has 0 bridgehead atoms. The lowest BCUT2D eigenvalue weighted by molar-refractivity contribution is 0.0639. The average molecular weight is 302 g/mol. The highest BCUT2D eigenvalue weighted by Gasteiger charge is 2.28. The van der Waals surface area contributed by atoms with Crippen molar-refractivity contribution in [1.82, 2.24) is 4.31 Å². The Morgan fingerprint density at radius 1 is 1.40 bits per heavy atom. The van der Waals surface area contributed by atoms with E-state index < -0.39 is 21.6 Å². The fraction of sp³-hybridized carbons (Fsp3) is 0.417. The Balaban J connectivity index is 3.20. The molecule has 8 heteroatoms. The Morgan fingerprint density at radius 3 is 2.35 bits per heavy atom. The normalized spacial score (nSPS) is 12.7. The minimum Gasteiger partial charge on any atom is -0.478 e. The number of nitrogens with two attached hydrogens (primary N) is 1. The first-order valence-electron chi connectivity index (χ1n) is 5.77. The number of aromatic carboxylic acids is 1. The summed E-state index contributed by atoms with van der Waals surface area (Å²) in [6.45, 7) is 2.85. The van der Waals surface area contributed by atoms with E-state index in [0.717, 1.165) is 16.4 Å². The summed E-state index contributed by atoms with van der Waals surface area (Å²) >= 11 is 0. The topological polar surface area (TPSA) is 121 Å². The number of likely N-dealkylation sites (N-methyl/N-ethyl adjacent to an activating group) is 1. The first-order chi connectivity index (χ1) is 8.95. The van der Waals surface area contributed by atoms with Crippen LogP contribution in [0.2, 0.25) is 0 Å². The van der Waals surface area contributed by atoms with E-state index in [-0.39, 0.29) is 22.7 Å². The first kappa shape index (κ1) is 16.4. The van der Waals surface area contributed by atoms with Gasteiger partial charge in [0, 0.05) is 13.6 Å². The Labute approximate surface area is 117 Å². The van der Waals surface area contributed by atoms with Crippen LogP contribution in [0.3, 0.4) is 0 Å². The summed E-state index contributed by atoms with van der Waals surface area (Å²) in [7, 11) is -2.57. The number of rotatable bonds is 5. The van der Waals surface area contributed by atoms with Gasteiger partial charge in [-0.2, -0.15) is 4.31 Å². The van der Waals surface area contributed by atoms with Gasteiger partial charge in [0.1, 0.15) is 4.90 Å². The molecule has 0 amide bonds. The Morgan fingerprint density at radius 2 is 1.95 bits per heavy atom. The SMILES string of the molecule is CN(CC(C)(C)O)S(=O)(=O)c1ccc(C(=O)O)cc1N. The zero-order valence-corrected chi connectivity index (χ0v) is 12.3. The van der Waals surface area contributed by atoms with E-state index in [4.69, 9.17) is 10.8 Å². The van der Waals surface area contributed by atoms with Crippen LogP contribution in [-0.4, -0.2) is 48.1 Å². The van der Waals surface area contributed by atoms with Crippen molar-refractivity contribution in [3.05, 3.63) is 23.8 Å². The average Bonchev–Trinajstić information content (AvgIpc) is 2.25. The van der Waals surface area contributed by atoms with Crippen molar-refractivity contribution in [2.75, 3.05) is 19.3 Å². The first-order valence-corrected chi connectivity index (χ1v) is 7.21. The summed E-state index contributed by atoms with van der Waals surface area (Å²) in [4.78, 5) is 10.6. The third kappa shape index (κ3) is 3.69. The van der Waals surface area contributed by atoms with Crippen LogP contribution in [0.25, 0.3) is 0 Å². The second-order valence-corrected chi connectivity index (χ2v) is 7.14. The maximum absolute atomic E-state index is 12.3. The fourth-order valence-electron chi connectivity index (χ4n) is 1.71. The minimum absolute atomic E-state index is 0.0911. The zero-order chi connectivity index (χ0) is 15.7. The van der Waals surface area contributed by atoms with Crippen LogP contribution in [0.15, 0.2) is 23.1 Å². The molecule has 1 aromatic carbocycles. The number of sulfonamides is 1. The molecule has 20 heavy (non-hydrogen) atoms. The van der Waals surface area contributed by atoms with Gasteiger partial charge in [0.25, 0.3) is 0 Å². The van der Waals surface area contributed by atoms with E-state index in [1.54, 1.807) is 0 Å². The highest BCUT2D eigenvalue weighted by molar-refractivity contribution is 7.89. The number of carbonyl (C=O) groups is 1. The fourth-order valence-corrected chi connectivity index (χ4v) is 3.13. The molecule has 0 heterocycles. The molecule has 0 aliphatic heterocycles. The standard InChI is InChI=1S/C12H18N2O5S/c1-12(2,17)7-14(3)20(18,19)10-5-4-8(11(15)16)6-9(10)13/h4-6,17H,7,13H2,1-3H3,(H,15,16). The number of nitrogens with zero attached hydrogens (tertiary/aromatic N) is 1. The number of carboxylic acids is 1. The van der Waals surface area contributed by atoms with Crippen molar-refractivity contribution in [2.45, 2.75) is 24.3 Å². The molecule has 0 saturated carbocycles. The summed E-state index contributed by atoms with van der Waals surface area (Å²) in [6, 6.07) is 3.41.